The third-order valence-corrected chi connectivity index (χ3v) is 4.40. The van der Waals surface area contributed by atoms with Gasteiger partial charge in [0.25, 0.3) is 5.91 Å². The summed E-state index contributed by atoms with van der Waals surface area (Å²) in [6, 6.07) is 15.6. The first-order chi connectivity index (χ1) is 12.6. The fourth-order valence-electron chi connectivity index (χ4n) is 2.64. The van der Waals surface area contributed by atoms with E-state index in [4.69, 9.17) is 9.47 Å². The predicted molar refractivity (Wildman–Crippen MR) is 103 cm³/mol. The van der Waals surface area contributed by atoms with Crippen LogP contribution in [0.15, 0.2) is 48.5 Å². The molecule has 0 bridgehead atoms. The van der Waals surface area contributed by atoms with Crippen LogP contribution in [0.3, 0.4) is 0 Å². The Labute approximate surface area is 155 Å². The Morgan fingerprint density at radius 2 is 1.50 bits per heavy atom. The lowest BCUT2D eigenvalue weighted by molar-refractivity contribution is -0.910. The average molecular weight is 357 g/mol. The summed E-state index contributed by atoms with van der Waals surface area (Å²) in [5.74, 6) is 1.26. The Balaban J connectivity index is 1.74. The van der Waals surface area contributed by atoms with Crippen LogP contribution in [-0.4, -0.2) is 32.7 Å². The normalized spacial score (nSPS) is 10.6. The molecule has 0 radical (unpaired) electrons. The van der Waals surface area contributed by atoms with Crippen LogP contribution < -0.4 is 19.7 Å². The van der Waals surface area contributed by atoms with Crippen LogP contribution in [0.2, 0.25) is 0 Å². The molecule has 140 valence electrons. The highest BCUT2D eigenvalue weighted by atomic mass is 16.5. The molecule has 0 heterocycles. The summed E-state index contributed by atoms with van der Waals surface area (Å²) in [6.07, 6.45) is 0. The molecule has 5 heteroatoms. The Hall–Kier alpha value is -2.53. The van der Waals surface area contributed by atoms with Crippen LogP contribution in [0.1, 0.15) is 25.0 Å². The number of hydrogen-bond acceptors (Lipinski definition) is 3. The van der Waals surface area contributed by atoms with Crippen molar-refractivity contribution in [3.63, 3.8) is 0 Å². The van der Waals surface area contributed by atoms with E-state index in [9.17, 15) is 4.79 Å². The van der Waals surface area contributed by atoms with Gasteiger partial charge in [-0.05, 0) is 43.7 Å². The number of ether oxygens (including phenoxy) is 2. The SMILES string of the molecule is CC[NH+](CC)Cc1ccc(CNC(=O)COc2ccc(OC)cc2)cc1. The summed E-state index contributed by atoms with van der Waals surface area (Å²) in [7, 11) is 1.61. The maximum Gasteiger partial charge on any atom is 0.258 e. The molecule has 2 aromatic carbocycles. The lowest BCUT2D eigenvalue weighted by Crippen LogP contribution is -3.10. The first-order valence-corrected chi connectivity index (χ1v) is 9.09. The minimum Gasteiger partial charge on any atom is -0.497 e. The Morgan fingerprint density at radius 3 is 2.08 bits per heavy atom. The quantitative estimate of drug-likeness (QED) is 0.682. The second kappa shape index (κ2) is 10.5. The molecule has 2 rings (SSSR count). The van der Waals surface area contributed by atoms with Crippen LogP contribution in [0, 0.1) is 0 Å². The van der Waals surface area contributed by atoms with E-state index in [1.807, 2.05) is 0 Å². The molecule has 0 aliphatic carbocycles. The highest BCUT2D eigenvalue weighted by Gasteiger charge is 2.06. The van der Waals surface area contributed by atoms with Gasteiger partial charge >= 0.3 is 0 Å². The van der Waals surface area contributed by atoms with Crippen LogP contribution in [0.25, 0.3) is 0 Å². The van der Waals surface area contributed by atoms with Gasteiger partial charge in [0.1, 0.15) is 18.0 Å². The minimum atomic E-state index is -0.141. The second-order valence-corrected chi connectivity index (χ2v) is 6.19. The first-order valence-electron chi connectivity index (χ1n) is 9.09. The molecule has 0 aliphatic rings. The summed E-state index contributed by atoms with van der Waals surface area (Å²) in [6.45, 7) is 8.20. The number of nitrogens with one attached hydrogen (secondary N) is 2. The summed E-state index contributed by atoms with van der Waals surface area (Å²) < 4.78 is 10.6. The summed E-state index contributed by atoms with van der Waals surface area (Å²) >= 11 is 0. The lowest BCUT2D eigenvalue weighted by Gasteiger charge is -2.15. The number of carbonyl (C=O) groups is 1. The molecule has 0 saturated heterocycles. The van der Waals surface area contributed by atoms with E-state index in [2.05, 4.69) is 43.4 Å². The number of hydrogen-bond donors (Lipinski definition) is 2. The molecular weight excluding hydrogens is 328 g/mol. The minimum absolute atomic E-state index is 0.00423. The average Bonchev–Trinajstić information content (AvgIpc) is 2.70. The maximum absolute atomic E-state index is 11.9. The number of amides is 1. The van der Waals surface area contributed by atoms with Gasteiger partial charge in [-0.25, -0.2) is 0 Å². The van der Waals surface area contributed by atoms with Crippen LogP contribution in [0.4, 0.5) is 0 Å². The smallest absolute Gasteiger partial charge is 0.258 e. The van der Waals surface area contributed by atoms with Gasteiger partial charge in [-0.3, -0.25) is 4.79 Å². The van der Waals surface area contributed by atoms with Crippen molar-refractivity contribution >= 4 is 5.91 Å². The van der Waals surface area contributed by atoms with E-state index in [0.717, 1.165) is 30.9 Å². The number of methoxy groups -OCH3 is 1. The third kappa shape index (κ3) is 6.41. The van der Waals surface area contributed by atoms with Gasteiger partial charge in [0, 0.05) is 12.1 Å². The van der Waals surface area contributed by atoms with E-state index in [1.165, 1.54) is 5.56 Å². The molecule has 0 saturated carbocycles. The van der Waals surface area contributed by atoms with Crippen LogP contribution in [0.5, 0.6) is 11.5 Å². The molecule has 26 heavy (non-hydrogen) atoms. The van der Waals surface area contributed by atoms with Crippen molar-refractivity contribution in [2.24, 2.45) is 0 Å². The topological polar surface area (TPSA) is 52.0 Å². The zero-order valence-corrected chi connectivity index (χ0v) is 15.9. The van der Waals surface area contributed by atoms with E-state index >= 15 is 0 Å². The maximum atomic E-state index is 11.9. The number of quaternary nitrogens is 1. The van der Waals surface area contributed by atoms with Crippen LogP contribution in [-0.2, 0) is 17.9 Å². The van der Waals surface area contributed by atoms with Crippen molar-refractivity contribution < 1.29 is 19.2 Å². The van der Waals surface area contributed by atoms with Crippen LogP contribution >= 0.6 is 0 Å². The van der Waals surface area contributed by atoms with Crippen molar-refractivity contribution in [1.82, 2.24) is 5.32 Å². The van der Waals surface area contributed by atoms with Gasteiger partial charge in [-0.15, -0.1) is 0 Å². The molecule has 0 atom stereocenters. The molecule has 0 aliphatic heterocycles. The van der Waals surface area contributed by atoms with Gasteiger partial charge in [-0.1, -0.05) is 24.3 Å². The predicted octanol–water partition coefficient (Wildman–Crippen LogP) is 1.82. The summed E-state index contributed by atoms with van der Waals surface area (Å²) in [4.78, 5) is 13.5. The van der Waals surface area contributed by atoms with Crippen molar-refractivity contribution in [3.05, 3.63) is 59.7 Å². The third-order valence-electron chi connectivity index (χ3n) is 4.40. The first kappa shape index (κ1) is 19.8. The molecule has 0 aromatic heterocycles. The fourth-order valence-corrected chi connectivity index (χ4v) is 2.64. The second-order valence-electron chi connectivity index (χ2n) is 6.19. The zero-order chi connectivity index (χ0) is 18.8. The Kier molecular flexibility index (Phi) is 7.96. The molecule has 1 amide bonds. The van der Waals surface area contributed by atoms with Gasteiger partial charge < -0.3 is 19.7 Å². The summed E-state index contributed by atoms with van der Waals surface area (Å²) in [5, 5.41) is 2.88. The van der Waals surface area contributed by atoms with E-state index in [1.54, 1.807) is 36.3 Å². The standard InChI is InChI=1S/C21H28N2O3/c1-4-23(5-2)15-18-8-6-17(7-9-18)14-22-21(24)16-26-20-12-10-19(25-3)11-13-20/h6-13H,4-5,14-16H2,1-3H3,(H,22,24)/p+1. The van der Waals surface area contributed by atoms with Crippen molar-refractivity contribution in [3.8, 4) is 11.5 Å². The van der Waals surface area contributed by atoms with E-state index < -0.39 is 0 Å². The molecule has 5 nitrogen and oxygen atoms in total. The van der Waals surface area contributed by atoms with Crippen molar-refractivity contribution in [1.29, 1.82) is 0 Å². The van der Waals surface area contributed by atoms with Gasteiger partial charge in [0.05, 0.1) is 20.2 Å². The molecule has 2 N–H and O–H groups in total. The highest BCUT2D eigenvalue weighted by molar-refractivity contribution is 5.77. The van der Waals surface area contributed by atoms with E-state index in [-0.39, 0.29) is 12.5 Å². The van der Waals surface area contributed by atoms with Gasteiger partial charge in [0.2, 0.25) is 0 Å². The Morgan fingerprint density at radius 1 is 0.923 bits per heavy atom. The molecular formula is C21H29N2O3+. The zero-order valence-electron chi connectivity index (χ0n) is 15.9. The number of rotatable bonds is 10. The molecule has 2 aromatic rings. The number of benzene rings is 2. The van der Waals surface area contributed by atoms with Gasteiger partial charge in [0.15, 0.2) is 6.61 Å². The summed E-state index contributed by atoms with van der Waals surface area (Å²) in [5.41, 5.74) is 2.41. The van der Waals surface area contributed by atoms with Crippen molar-refractivity contribution in [2.75, 3.05) is 26.8 Å². The van der Waals surface area contributed by atoms with Crippen molar-refractivity contribution in [2.45, 2.75) is 26.9 Å². The van der Waals surface area contributed by atoms with E-state index in [0.29, 0.717) is 12.3 Å². The lowest BCUT2D eigenvalue weighted by atomic mass is 10.1. The fraction of sp³-hybridized carbons (Fsp3) is 0.381. The van der Waals surface area contributed by atoms with Gasteiger partial charge in [-0.2, -0.15) is 0 Å². The highest BCUT2D eigenvalue weighted by Crippen LogP contribution is 2.16. The molecule has 0 fully saturated rings. The largest absolute Gasteiger partial charge is 0.497 e. The monoisotopic (exact) mass is 357 g/mol. The number of carbonyl (C=O) groups excluding carboxylic acids is 1. The molecule has 0 spiro atoms. The Bertz CT molecular complexity index is 665. The molecule has 0 unspecified atom stereocenters.